The number of aromatic nitrogens is 1. The molecule has 0 spiro atoms. The lowest BCUT2D eigenvalue weighted by molar-refractivity contribution is 0.102. The highest BCUT2D eigenvalue weighted by atomic mass is 16.5. The van der Waals surface area contributed by atoms with Crippen LogP contribution in [-0.2, 0) is 0 Å². The third kappa shape index (κ3) is 4.05. The van der Waals surface area contributed by atoms with Crippen LogP contribution in [0.5, 0.6) is 11.5 Å². The summed E-state index contributed by atoms with van der Waals surface area (Å²) in [4.78, 5) is 16.6. The molecule has 27 heavy (non-hydrogen) atoms. The third-order valence-corrected chi connectivity index (χ3v) is 4.09. The monoisotopic (exact) mass is 358 g/mol. The molecule has 0 fully saturated rings. The van der Waals surface area contributed by atoms with Gasteiger partial charge in [0.25, 0.3) is 5.91 Å². The molecule has 3 rings (SSSR count). The van der Waals surface area contributed by atoms with Crippen molar-refractivity contribution in [3.8, 4) is 17.6 Å². The number of para-hydroxylation sites is 1. The largest absolute Gasteiger partial charge is 0.456 e. The lowest BCUT2D eigenvalue weighted by Gasteiger charge is -2.11. The number of ether oxygens (including phenoxy) is 1. The Labute approximate surface area is 157 Å². The zero-order chi connectivity index (χ0) is 19.4. The zero-order valence-electron chi connectivity index (χ0n) is 15.0. The van der Waals surface area contributed by atoms with Crippen molar-refractivity contribution < 1.29 is 9.53 Å². The Hall–Kier alpha value is -3.85. The minimum atomic E-state index is -0.327. The van der Waals surface area contributed by atoms with Crippen molar-refractivity contribution in [2.75, 3.05) is 11.1 Å². The number of carbonyl (C=O) groups excluding carboxylic acids is 1. The van der Waals surface area contributed by atoms with E-state index in [4.69, 9.17) is 15.7 Å². The average molecular weight is 358 g/mol. The van der Waals surface area contributed by atoms with E-state index in [0.29, 0.717) is 28.3 Å². The molecule has 134 valence electrons. The van der Waals surface area contributed by atoms with Crippen LogP contribution in [0.25, 0.3) is 0 Å². The van der Waals surface area contributed by atoms with Crippen molar-refractivity contribution in [2.24, 2.45) is 0 Å². The predicted octanol–water partition coefficient (Wildman–Crippen LogP) is 4.20. The van der Waals surface area contributed by atoms with Crippen molar-refractivity contribution in [1.82, 2.24) is 4.98 Å². The normalized spacial score (nSPS) is 10.1. The van der Waals surface area contributed by atoms with Crippen molar-refractivity contribution in [3.05, 3.63) is 77.0 Å². The number of benzene rings is 2. The molecule has 0 radical (unpaired) electrons. The van der Waals surface area contributed by atoms with Gasteiger partial charge in [0.15, 0.2) is 0 Å². The van der Waals surface area contributed by atoms with Crippen molar-refractivity contribution >= 4 is 17.4 Å². The molecule has 6 nitrogen and oxygen atoms in total. The van der Waals surface area contributed by atoms with Gasteiger partial charge in [-0.2, -0.15) is 5.26 Å². The van der Waals surface area contributed by atoms with Crippen LogP contribution in [0.1, 0.15) is 27.2 Å². The van der Waals surface area contributed by atoms with E-state index < -0.39 is 0 Å². The van der Waals surface area contributed by atoms with Crippen LogP contribution in [0.4, 0.5) is 11.5 Å². The Morgan fingerprint density at radius 2 is 1.85 bits per heavy atom. The van der Waals surface area contributed by atoms with E-state index >= 15 is 0 Å². The Morgan fingerprint density at radius 1 is 1.15 bits per heavy atom. The van der Waals surface area contributed by atoms with Gasteiger partial charge in [-0.05, 0) is 61.9 Å². The van der Waals surface area contributed by atoms with Crippen molar-refractivity contribution in [2.45, 2.75) is 13.8 Å². The number of nitrogens with one attached hydrogen (secondary N) is 1. The van der Waals surface area contributed by atoms with Crippen LogP contribution in [-0.4, -0.2) is 10.9 Å². The lowest BCUT2D eigenvalue weighted by atomic mass is 10.1. The van der Waals surface area contributed by atoms with Gasteiger partial charge in [0, 0.05) is 11.4 Å². The molecule has 0 atom stereocenters. The molecule has 0 aliphatic carbocycles. The minimum absolute atomic E-state index is 0.198. The maximum absolute atomic E-state index is 12.5. The molecule has 0 aliphatic heterocycles. The number of rotatable bonds is 4. The second-order valence-corrected chi connectivity index (χ2v) is 6.01. The minimum Gasteiger partial charge on any atom is -0.456 e. The summed E-state index contributed by atoms with van der Waals surface area (Å²) in [5, 5.41) is 11.9. The predicted molar refractivity (Wildman–Crippen MR) is 104 cm³/mol. The number of anilines is 2. The lowest BCUT2D eigenvalue weighted by Crippen LogP contribution is -2.15. The molecule has 0 aliphatic rings. The number of hydrogen-bond acceptors (Lipinski definition) is 5. The topological polar surface area (TPSA) is 101 Å². The summed E-state index contributed by atoms with van der Waals surface area (Å²) in [6.45, 7) is 3.72. The number of pyridine rings is 1. The Kier molecular flexibility index (Phi) is 5.04. The van der Waals surface area contributed by atoms with E-state index in [1.807, 2.05) is 13.8 Å². The number of aryl methyl sites for hydroxylation is 2. The Morgan fingerprint density at radius 3 is 2.56 bits per heavy atom. The molecule has 2 aromatic carbocycles. The molecule has 1 heterocycles. The van der Waals surface area contributed by atoms with E-state index in [0.717, 1.165) is 11.3 Å². The first-order valence-corrected chi connectivity index (χ1v) is 8.30. The van der Waals surface area contributed by atoms with E-state index in [2.05, 4.69) is 16.4 Å². The molecule has 0 bridgehead atoms. The fourth-order valence-corrected chi connectivity index (χ4v) is 2.49. The number of hydrogen-bond donors (Lipinski definition) is 2. The Balaban J connectivity index is 1.74. The summed E-state index contributed by atoms with van der Waals surface area (Å²) in [6, 6.07) is 17.7. The number of nitriles is 1. The smallest absolute Gasteiger partial charge is 0.259 e. The fraction of sp³-hybridized carbons (Fsp3) is 0.0952. The van der Waals surface area contributed by atoms with E-state index in [9.17, 15) is 4.79 Å². The van der Waals surface area contributed by atoms with Crippen LogP contribution < -0.4 is 15.8 Å². The van der Waals surface area contributed by atoms with Crippen LogP contribution in [0.15, 0.2) is 54.6 Å². The maximum atomic E-state index is 12.5. The number of carbonyl (C=O) groups is 1. The van der Waals surface area contributed by atoms with Crippen LogP contribution in [0.3, 0.4) is 0 Å². The van der Waals surface area contributed by atoms with Gasteiger partial charge in [0.2, 0.25) is 0 Å². The van der Waals surface area contributed by atoms with Gasteiger partial charge in [-0.25, -0.2) is 4.98 Å². The first-order chi connectivity index (χ1) is 13.0. The summed E-state index contributed by atoms with van der Waals surface area (Å²) in [6.07, 6.45) is 0. The van der Waals surface area contributed by atoms with Crippen LogP contribution in [0.2, 0.25) is 0 Å². The van der Waals surface area contributed by atoms with Crippen molar-refractivity contribution in [3.63, 3.8) is 0 Å². The molecular formula is C21H18N4O2. The first kappa shape index (κ1) is 18.0. The fourth-order valence-electron chi connectivity index (χ4n) is 2.49. The maximum Gasteiger partial charge on any atom is 0.259 e. The highest BCUT2D eigenvalue weighted by molar-refractivity contribution is 6.07. The summed E-state index contributed by atoms with van der Waals surface area (Å²) in [5.74, 6) is 0.907. The number of amides is 1. The van der Waals surface area contributed by atoms with Gasteiger partial charge in [-0.1, -0.05) is 12.1 Å². The quantitative estimate of drug-likeness (QED) is 0.728. The van der Waals surface area contributed by atoms with E-state index in [-0.39, 0.29) is 11.7 Å². The van der Waals surface area contributed by atoms with Gasteiger partial charge < -0.3 is 15.8 Å². The molecule has 6 heteroatoms. The second kappa shape index (κ2) is 7.58. The molecule has 1 aromatic heterocycles. The summed E-state index contributed by atoms with van der Waals surface area (Å²) < 4.78 is 5.73. The highest BCUT2D eigenvalue weighted by Crippen LogP contribution is 2.26. The molecule has 1 amide bonds. The van der Waals surface area contributed by atoms with Gasteiger partial charge in [0.1, 0.15) is 23.4 Å². The zero-order valence-corrected chi connectivity index (χ0v) is 15.0. The molecule has 3 N–H and O–H groups in total. The van der Waals surface area contributed by atoms with Crippen molar-refractivity contribution in [1.29, 1.82) is 5.26 Å². The van der Waals surface area contributed by atoms with E-state index in [1.165, 1.54) is 0 Å². The molecule has 0 saturated heterocycles. The van der Waals surface area contributed by atoms with Crippen LogP contribution >= 0.6 is 0 Å². The number of nitrogen functional groups attached to an aromatic ring is 1. The summed E-state index contributed by atoms with van der Waals surface area (Å²) in [5.41, 5.74) is 8.94. The molecular weight excluding hydrogens is 340 g/mol. The summed E-state index contributed by atoms with van der Waals surface area (Å²) in [7, 11) is 0. The average Bonchev–Trinajstić information content (AvgIpc) is 2.66. The molecule has 0 unspecified atom stereocenters. The highest BCUT2D eigenvalue weighted by Gasteiger charge is 2.13. The van der Waals surface area contributed by atoms with Gasteiger partial charge >= 0.3 is 0 Å². The summed E-state index contributed by atoms with van der Waals surface area (Å²) >= 11 is 0. The third-order valence-electron chi connectivity index (χ3n) is 4.09. The van der Waals surface area contributed by atoms with Gasteiger partial charge in [-0.3, -0.25) is 4.79 Å². The molecule has 3 aromatic rings. The molecule has 0 saturated carbocycles. The first-order valence-electron chi connectivity index (χ1n) is 8.30. The standard InChI is InChI=1S/C21H18N4O2/c1-13-11-18(20(23)24-14(13)2)21(26)25-16-7-9-17(10-8-16)27-19-6-4-3-5-15(19)12-22/h3-11H,1-2H3,(H2,23,24)(H,25,26). The SMILES string of the molecule is Cc1cc(C(=O)Nc2ccc(Oc3ccccc3C#N)cc2)c(N)nc1C. The number of nitrogens with two attached hydrogens (primary N) is 1. The number of nitrogens with zero attached hydrogens (tertiary/aromatic N) is 2. The Bertz CT molecular complexity index is 1040. The van der Waals surface area contributed by atoms with Gasteiger partial charge in [-0.15, -0.1) is 0 Å². The van der Waals surface area contributed by atoms with Gasteiger partial charge in [0.05, 0.1) is 11.1 Å². The second-order valence-electron chi connectivity index (χ2n) is 6.01. The van der Waals surface area contributed by atoms with E-state index in [1.54, 1.807) is 54.6 Å². The van der Waals surface area contributed by atoms with Crippen LogP contribution in [0, 0.1) is 25.2 Å².